The molecule has 0 radical (unpaired) electrons. The highest BCUT2D eigenvalue weighted by molar-refractivity contribution is 7.89. The van der Waals surface area contributed by atoms with Crippen LogP contribution in [0.15, 0.2) is 46.4 Å². The zero-order valence-electron chi connectivity index (χ0n) is 11.6. The van der Waals surface area contributed by atoms with Crippen LogP contribution >= 0.6 is 34.8 Å². The molecule has 0 saturated carbocycles. The van der Waals surface area contributed by atoms with E-state index >= 15 is 0 Å². The molecule has 0 aliphatic heterocycles. The third-order valence-electron chi connectivity index (χ3n) is 2.85. The third kappa shape index (κ3) is 4.14. The van der Waals surface area contributed by atoms with Crippen molar-refractivity contribution in [1.82, 2.24) is 4.83 Å². The molecule has 2 rings (SSSR count). The van der Waals surface area contributed by atoms with Crippen LogP contribution in [0.1, 0.15) is 11.1 Å². The first-order valence-electron chi connectivity index (χ1n) is 6.18. The fraction of sp³-hybridized carbons (Fsp3) is 0.0714. The first-order chi connectivity index (χ1) is 10.7. The van der Waals surface area contributed by atoms with Gasteiger partial charge in [0.1, 0.15) is 5.82 Å². The summed E-state index contributed by atoms with van der Waals surface area (Å²) in [5, 5.41) is 2.85. The summed E-state index contributed by atoms with van der Waals surface area (Å²) >= 11 is 17.6. The molecule has 0 aliphatic carbocycles. The Morgan fingerprint density at radius 2 is 1.74 bits per heavy atom. The first kappa shape index (κ1) is 18.0. The van der Waals surface area contributed by atoms with Crippen LogP contribution < -0.4 is 4.83 Å². The highest BCUT2D eigenvalue weighted by Crippen LogP contribution is 2.29. The van der Waals surface area contributed by atoms with Gasteiger partial charge in [0.2, 0.25) is 0 Å². The van der Waals surface area contributed by atoms with Gasteiger partial charge in [-0.25, -0.2) is 4.39 Å². The van der Waals surface area contributed by atoms with Crippen LogP contribution in [0.25, 0.3) is 0 Å². The summed E-state index contributed by atoms with van der Waals surface area (Å²) in [5.74, 6) is -0.749. The molecule has 2 aromatic carbocycles. The first-order valence-corrected chi connectivity index (χ1v) is 8.79. The minimum absolute atomic E-state index is 0.00718. The second-order valence-corrected chi connectivity index (χ2v) is 7.33. The van der Waals surface area contributed by atoms with E-state index in [2.05, 4.69) is 5.10 Å². The number of sulfonamides is 1. The largest absolute Gasteiger partial charge is 0.276 e. The maximum absolute atomic E-state index is 13.5. The number of hydrogen-bond donors (Lipinski definition) is 1. The van der Waals surface area contributed by atoms with Gasteiger partial charge in [0.15, 0.2) is 5.17 Å². The maximum atomic E-state index is 13.5. The van der Waals surface area contributed by atoms with Crippen LogP contribution in [-0.2, 0) is 10.0 Å². The molecule has 4 nitrogen and oxygen atoms in total. The smallest absolute Gasteiger partial charge is 0.205 e. The molecule has 0 aromatic heterocycles. The predicted molar refractivity (Wildman–Crippen MR) is 90.3 cm³/mol. The van der Waals surface area contributed by atoms with E-state index in [0.717, 1.165) is 11.6 Å². The Hall–Kier alpha value is -1.34. The van der Waals surface area contributed by atoms with Gasteiger partial charge >= 0.3 is 0 Å². The predicted octanol–water partition coefficient (Wildman–Crippen LogP) is 4.32. The Balaban J connectivity index is 2.33. The molecule has 9 heteroatoms. The lowest BCUT2D eigenvalue weighted by atomic mass is 10.2. The third-order valence-corrected chi connectivity index (χ3v) is 5.03. The van der Waals surface area contributed by atoms with E-state index in [4.69, 9.17) is 34.8 Å². The fourth-order valence-corrected chi connectivity index (χ4v) is 3.39. The van der Waals surface area contributed by atoms with Gasteiger partial charge in [0.25, 0.3) is 10.0 Å². The van der Waals surface area contributed by atoms with Gasteiger partial charge in [-0.3, -0.25) is 0 Å². The van der Waals surface area contributed by atoms with Gasteiger partial charge in [0, 0.05) is 0 Å². The Kier molecular flexibility index (Phi) is 5.52. The SMILES string of the molecule is Cc1ccc(S(=O)(=O)NN=C(Cl)c2c(Cl)ccc(F)c2Cl)cc1. The average Bonchev–Trinajstić information content (AvgIpc) is 2.50. The van der Waals surface area contributed by atoms with Crippen molar-refractivity contribution in [1.29, 1.82) is 0 Å². The summed E-state index contributed by atoms with van der Waals surface area (Å²) in [6.07, 6.45) is 0. The second kappa shape index (κ2) is 7.05. The van der Waals surface area contributed by atoms with Crippen molar-refractivity contribution in [2.45, 2.75) is 11.8 Å². The van der Waals surface area contributed by atoms with E-state index in [9.17, 15) is 12.8 Å². The lowest BCUT2D eigenvalue weighted by molar-refractivity contribution is 0.584. The Bertz CT molecular complexity index is 868. The fourth-order valence-electron chi connectivity index (χ4n) is 1.64. The molecule has 2 aromatic rings. The highest BCUT2D eigenvalue weighted by Gasteiger charge is 2.17. The average molecular weight is 396 g/mol. The molecule has 23 heavy (non-hydrogen) atoms. The van der Waals surface area contributed by atoms with E-state index < -0.39 is 15.8 Å². The zero-order valence-corrected chi connectivity index (χ0v) is 14.7. The molecule has 0 unspecified atom stereocenters. The van der Waals surface area contributed by atoms with Crippen molar-refractivity contribution in [3.8, 4) is 0 Å². The Labute approximate surface area is 147 Å². The number of nitrogens with zero attached hydrogens (tertiary/aromatic N) is 1. The van der Waals surface area contributed by atoms with Gasteiger partial charge in [-0.1, -0.05) is 52.5 Å². The molecule has 0 bridgehead atoms. The lowest BCUT2D eigenvalue weighted by Crippen LogP contribution is -2.19. The Morgan fingerprint density at radius 3 is 2.35 bits per heavy atom. The van der Waals surface area contributed by atoms with Crippen molar-refractivity contribution in [3.05, 3.63) is 63.4 Å². The molecule has 0 atom stereocenters. The van der Waals surface area contributed by atoms with Crippen molar-refractivity contribution in [3.63, 3.8) is 0 Å². The number of nitrogens with one attached hydrogen (secondary N) is 1. The maximum Gasteiger partial charge on any atom is 0.276 e. The van der Waals surface area contributed by atoms with Gasteiger partial charge in [-0.05, 0) is 31.2 Å². The number of aryl methyl sites for hydroxylation is 1. The molecule has 122 valence electrons. The summed E-state index contributed by atoms with van der Waals surface area (Å²) in [6, 6.07) is 8.42. The van der Waals surface area contributed by atoms with Gasteiger partial charge in [-0.15, -0.1) is 0 Å². The summed E-state index contributed by atoms with van der Waals surface area (Å²) in [7, 11) is -3.92. The van der Waals surface area contributed by atoms with E-state index in [-0.39, 0.29) is 25.7 Å². The van der Waals surface area contributed by atoms with Crippen LogP contribution in [0.3, 0.4) is 0 Å². The van der Waals surface area contributed by atoms with Gasteiger partial charge in [-0.2, -0.15) is 18.4 Å². The summed E-state index contributed by atoms with van der Waals surface area (Å²) < 4.78 is 37.7. The van der Waals surface area contributed by atoms with E-state index in [1.54, 1.807) is 12.1 Å². The van der Waals surface area contributed by atoms with E-state index in [1.807, 2.05) is 11.8 Å². The monoisotopic (exact) mass is 394 g/mol. The number of rotatable bonds is 4. The minimum atomic E-state index is -3.92. The summed E-state index contributed by atoms with van der Waals surface area (Å²) in [5.41, 5.74) is 0.811. The van der Waals surface area contributed by atoms with Crippen molar-refractivity contribution in [2.24, 2.45) is 5.10 Å². The standard InChI is InChI=1S/C14H10Cl3FN2O2S/c1-8-2-4-9(5-3-8)23(21,22)20-19-14(17)12-10(15)6-7-11(18)13(12)16/h2-7,20H,1H3. The summed E-state index contributed by atoms with van der Waals surface area (Å²) in [6.45, 7) is 1.83. The molecule has 0 spiro atoms. The molecule has 0 aliphatic rings. The summed E-state index contributed by atoms with van der Waals surface area (Å²) in [4.78, 5) is 1.96. The highest BCUT2D eigenvalue weighted by atomic mass is 35.5. The quantitative estimate of drug-likeness (QED) is 0.476. The molecule has 0 amide bonds. The van der Waals surface area contributed by atoms with Crippen LogP contribution in [0.4, 0.5) is 4.39 Å². The molecular weight excluding hydrogens is 386 g/mol. The van der Waals surface area contributed by atoms with Gasteiger partial charge < -0.3 is 0 Å². The molecule has 0 heterocycles. The normalized spacial score (nSPS) is 12.3. The zero-order chi connectivity index (χ0) is 17.2. The van der Waals surface area contributed by atoms with E-state index in [0.29, 0.717) is 0 Å². The van der Waals surface area contributed by atoms with Crippen molar-refractivity contribution >= 4 is 50.0 Å². The second-order valence-electron chi connectivity index (χ2n) is 4.53. The molecular formula is C14H10Cl3FN2O2S. The topological polar surface area (TPSA) is 58.5 Å². The number of hydrazone groups is 1. The Morgan fingerprint density at radius 1 is 1.13 bits per heavy atom. The van der Waals surface area contributed by atoms with Crippen LogP contribution in [0.5, 0.6) is 0 Å². The minimum Gasteiger partial charge on any atom is -0.205 e. The van der Waals surface area contributed by atoms with Crippen LogP contribution in [0.2, 0.25) is 10.0 Å². The molecule has 0 saturated heterocycles. The molecule has 1 N–H and O–H groups in total. The lowest BCUT2D eigenvalue weighted by Gasteiger charge is -2.07. The van der Waals surface area contributed by atoms with Crippen LogP contribution in [0, 0.1) is 12.7 Å². The molecule has 0 fully saturated rings. The number of halogens is 4. The van der Waals surface area contributed by atoms with Crippen LogP contribution in [-0.4, -0.2) is 13.6 Å². The van der Waals surface area contributed by atoms with Gasteiger partial charge in [0.05, 0.1) is 20.5 Å². The van der Waals surface area contributed by atoms with E-state index in [1.165, 1.54) is 18.2 Å². The number of hydrogen-bond acceptors (Lipinski definition) is 3. The van der Waals surface area contributed by atoms with Crippen molar-refractivity contribution in [2.75, 3.05) is 0 Å². The number of benzene rings is 2. The van der Waals surface area contributed by atoms with Crippen molar-refractivity contribution < 1.29 is 12.8 Å².